The summed E-state index contributed by atoms with van der Waals surface area (Å²) in [6.07, 6.45) is 0. The van der Waals surface area contributed by atoms with Crippen molar-refractivity contribution in [2.45, 2.75) is 19.3 Å². The van der Waals surface area contributed by atoms with Crippen LogP contribution in [0.15, 0.2) is 176 Å². The molecule has 0 aliphatic heterocycles. The second-order valence-electron chi connectivity index (χ2n) is 14.2. The SMILES string of the molecule is CC1(C)c2ccccc2-c2cc(N(c3ccc(-c4ccc5c(ccc6c7ccccc7sc56)c4)cc3)c3cccc(-c4ccccc4)c3)ccc21. The van der Waals surface area contributed by atoms with Gasteiger partial charge in [0.1, 0.15) is 0 Å². The van der Waals surface area contributed by atoms with Crippen molar-refractivity contribution in [2.24, 2.45) is 0 Å². The molecule has 51 heavy (non-hydrogen) atoms. The summed E-state index contributed by atoms with van der Waals surface area (Å²) < 4.78 is 2.71. The third-order valence-corrected chi connectivity index (χ3v) is 12.1. The highest BCUT2D eigenvalue weighted by atomic mass is 32.1. The van der Waals surface area contributed by atoms with Gasteiger partial charge in [-0.15, -0.1) is 11.3 Å². The summed E-state index contributed by atoms with van der Waals surface area (Å²) in [5.41, 5.74) is 13.6. The fraction of sp³-hybridized carbons (Fsp3) is 0.0612. The molecular weight excluding hydrogens is 635 g/mol. The van der Waals surface area contributed by atoms with Crippen LogP contribution in [0.25, 0.3) is 64.3 Å². The zero-order valence-electron chi connectivity index (χ0n) is 28.6. The number of nitrogens with zero attached hydrogens (tertiary/aromatic N) is 1. The summed E-state index contributed by atoms with van der Waals surface area (Å²) in [5, 5.41) is 5.28. The average molecular weight is 670 g/mol. The zero-order chi connectivity index (χ0) is 34.1. The van der Waals surface area contributed by atoms with Gasteiger partial charge >= 0.3 is 0 Å². The van der Waals surface area contributed by atoms with Crippen molar-refractivity contribution in [3.8, 4) is 33.4 Å². The van der Waals surface area contributed by atoms with Gasteiger partial charge in [-0.2, -0.15) is 0 Å². The van der Waals surface area contributed by atoms with Crippen molar-refractivity contribution >= 4 is 59.3 Å². The standard InChI is InChI=1S/C49H35NS/c1-49(2)45-17-8-6-15-41(45)44-31-39(25-28-46(44)49)50(38-14-10-13-34(30-38)32-11-4-3-5-12-32)37-23-19-33(20-24-37)35-21-26-40-36(29-35)22-27-43-42-16-7-9-18-47(42)51-48(40)43/h3-31H,1-2H3. The molecule has 0 bridgehead atoms. The molecule has 0 radical (unpaired) electrons. The Morgan fingerprint density at radius 3 is 1.94 bits per heavy atom. The van der Waals surface area contributed by atoms with Gasteiger partial charge in [0.2, 0.25) is 0 Å². The minimum Gasteiger partial charge on any atom is -0.310 e. The van der Waals surface area contributed by atoms with Crippen molar-refractivity contribution in [3.63, 3.8) is 0 Å². The first-order valence-electron chi connectivity index (χ1n) is 17.7. The lowest BCUT2D eigenvalue weighted by molar-refractivity contribution is 0.660. The maximum Gasteiger partial charge on any atom is 0.0468 e. The van der Waals surface area contributed by atoms with Crippen LogP contribution >= 0.6 is 11.3 Å². The molecular formula is C49H35NS. The Labute approximate surface area is 302 Å². The van der Waals surface area contributed by atoms with Gasteiger partial charge in [-0.25, -0.2) is 0 Å². The molecule has 0 spiro atoms. The van der Waals surface area contributed by atoms with Crippen LogP contribution in [0.1, 0.15) is 25.0 Å². The quantitative estimate of drug-likeness (QED) is 0.176. The van der Waals surface area contributed by atoms with E-state index >= 15 is 0 Å². The van der Waals surface area contributed by atoms with Gasteiger partial charge in [0.05, 0.1) is 0 Å². The summed E-state index contributed by atoms with van der Waals surface area (Å²) in [6, 6.07) is 64.8. The summed E-state index contributed by atoms with van der Waals surface area (Å²) in [4.78, 5) is 2.41. The molecule has 1 heterocycles. The molecule has 8 aromatic carbocycles. The van der Waals surface area contributed by atoms with E-state index in [4.69, 9.17) is 0 Å². The molecule has 1 nitrogen and oxygen atoms in total. The third-order valence-electron chi connectivity index (χ3n) is 10.9. The molecule has 0 amide bonds. The van der Waals surface area contributed by atoms with E-state index in [-0.39, 0.29) is 5.41 Å². The number of hydrogen-bond donors (Lipinski definition) is 0. The minimum atomic E-state index is -0.0350. The molecule has 1 aromatic heterocycles. The van der Waals surface area contributed by atoms with Crippen molar-refractivity contribution in [1.29, 1.82) is 0 Å². The molecule has 0 fully saturated rings. The van der Waals surface area contributed by atoms with Crippen LogP contribution in [0.2, 0.25) is 0 Å². The number of rotatable bonds is 5. The van der Waals surface area contributed by atoms with Gasteiger partial charge < -0.3 is 4.90 Å². The first-order valence-corrected chi connectivity index (χ1v) is 18.5. The Morgan fingerprint density at radius 2 is 1.06 bits per heavy atom. The van der Waals surface area contributed by atoms with Gasteiger partial charge in [-0.3, -0.25) is 0 Å². The normalized spacial score (nSPS) is 13.1. The fourth-order valence-electron chi connectivity index (χ4n) is 8.24. The third kappa shape index (κ3) is 4.82. The molecule has 0 unspecified atom stereocenters. The molecule has 1 aliphatic carbocycles. The molecule has 0 saturated carbocycles. The predicted molar refractivity (Wildman–Crippen MR) is 220 cm³/mol. The van der Waals surface area contributed by atoms with Crippen LogP contribution in [-0.2, 0) is 5.41 Å². The predicted octanol–water partition coefficient (Wildman–Crippen LogP) is 14.3. The molecule has 9 aromatic rings. The lowest BCUT2D eigenvalue weighted by atomic mass is 9.82. The van der Waals surface area contributed by atoms with Crippen molar-refractivity contribution in [1.82, 2.24) is 0 Å². The highest BCUT2D eigenvalue weighted by molar-refractivity contribution is 7.26. The van der Waals surface area contributed by atoms with E-state index in [1.54, 1.807) is 0 Å². The monoisotopic (exact) mass is 669 g/mol. The molecule has 2 heteroatoms. The summed E-state index contributed by atoms with van der Waals surface area (Å²) in [7, 11) is 0. The maximum absolute atomic E-state index is 2.41. The van der Waals surface area contributed by atoms with E-state index < -0.39 is 0 Å². The zero-order valence-corrected chi connectivity index (χ0v) is 29.4. The number of hydrogen-bond acceptors (Lipinski definition) is 2. The van der Waals surface area contributed by atoms with E-state index in [0.717, 1.165) is 17.1 Å². The van der Waals surface area contributed by atoms with E-state index in [1.165, 1.54) is 75.5 Å². The summed E-state index contributed by atoms with van der Waals surface area (Å²) in [6.45, 7) is 4.68. The van der Waals surface area contributed by atoms with Crippen LogP contribution < -0.4 is 4.90 Å². The van der Waals surface area contributed by atoms with Crippen LogP contribution in [0.3, 0.4) is 0 Å². The Kier molecular flexibility index (Phi) is 6.78. The summed E-state index contributed by atoms with van der Waals surface area (Å²) >= 11 is 1.89. The molecule has 0 N–H and O–H groups in total. The second kappa shape index (κ2) is 11.6. The Balaban J connectivity index is 1.08. The average Bonchev–Trinajstić information content (AvgIpc) is 3.68. The minimum absolute atomic E-state index is 0.0350. The number of anilines is 3. The molecule has 0 saturated heterocycles. The van der Waals surface area contributed by atoms with E-state index in [1.807, 2.05) is 11.3 Å². The van der Waals surface area contributed by atoms with Crippen LogP contribution in [0, 0.1) is 0 Å². The lowest BCUT2D eigenvalue weighted by Gasteiger charge is -2.28. The number of fused-ring (bicyclic) bond motifs is 8. The molecule has 0 atom stereocenters. The van der Waals surface area contributed by atoms with Crippen LogP contribution in [0.4, 0.5) is 17.1 Å². The Morgan fingerprint density at radius 1 is 0.412 bits per heavy atom. The highest BCUT2D eigenvalue weighted by Crippen LogP contribution is 2.51. The first kappa shape index (κ1) is 29.9. The molecule has 10 rings (SSSR count). The van der Waals surface area contributed by atoms with E-state index in [0.29, 0.717) is 0 Å². The van der Waals surface area contributed by atoms with Gasteiger partial charge in [0, 0.05) is 42.6 Å². The van der Waals surface area contributed by atoms with Crippen molar-refractivity contribution in [3.05, 3.63) is 187 Å². The van der Waals surface area contributed by atoms with E-state index in [2.05, 4.69) is 195 Å². The fourth-order valence-corrected chi connectivity index (χ4v) is 9.48. The van der Waals surface area contributed by atoms with Crippen molar-refractivity contribution in [2.75, 3.05) is 4.90 Å². The van der Waals surface area contributed by atoms with Gasteiger partial charge in [0.15, 0.2) is 0 Å². The second-order valence-corrected chi connectivity index (χ2v) is 15.2. The smallest absolute Gasteiger partial charge is 0.0468 e. The number of thiophene rings is 1. The lowest BCUT2D eigenvalue weighted by Crippen LogP contribution is -2.15. The Hall–Kier alpha value is -5.96. The Bertz CT molecular complexity index is 2770. The van der Waals surface area contributed by atoms with Crippen molar-refractivity contribution < 1.29 is 0 Å². The first-order chi connectivity index (χ1) is 25.0. The van der Waals surface area contributed by atoms with Crippen LogP contribution in [0.5, 0.6) is 0 Å². The maximum atomic E-state index is 2.41. The van der Waals surface area contributed by atoms with Crippen LogP contribution in [-0.4, -0.2) is 0 Å². The van der Waals surface area contributed by atoms with E-state index in [9.17, 15) is 0 Å². The van der Waals surface area contributed by atoms with Gasteiger partial charge in [-0.05, 0) is 104 Å². The molecule has 1 aliphatic rings. The molecule has 242 valence electrons. The largest absolute Gasteiger partial charge is 0.310 e. The number of benzene rings is 8. The topological polar surface area (TPSA) is 3.24 Å². The van der Waals surface area contributed by atoms with Gasteiger partial charge in [0.25, 0.3) is 0 Å². The highest BCUT2D eigenvalue weighted by Gasteiger charge is 2.35. The van der Waals surface area contributed by atoms with Gasteiger partial charge in [-0.1, -0.05) is 141 Å². The summed E-state index contributed by atoms with van der Waals surface area (Å²) in [5.74, 6) is 0.